The molecule has 0 saturated carbocycles. The van der Waals surface area contributed by atoms with E-state index in [1.807, 2.05) is 6.07 Å². The van der Waals surface area contributed by atoms with Crippen molar-refractivity contribution >= 4 is 17.0 Å². The first kappa shape index (κ1) is 10.6. The molecule has 90 valence electrons. The maximum absolute atomic E-state index is 4.70. The fourth-order valence-electron chi connectivity index (χ4n) is 2.41. The summed E-state index contributed by atoms with van der Waals surface area (Å²) in [6.45, 7) is 2.08. The van der Waals surface area contributed by atoms with Crippen LogP contribution in [0.25, 0.3) is 11.0 Å². The summed E-state index contributed by atoms with van der Waals surface area (Å²) < 4.78 is 2.16. The Morgan fingerprint density at radius 2 is 2.06 bits per heavy atom. The van der Waals surface area contributed by atoms with Crippen LogP contribution in [0.5, 0.6) is 0 Å². The molecular weight excluding hydrogens is 212 g/mol. The van der Waals surface area contributed by atoms with Gasteiger partial charge in [-0.25, -0.2) is 10.4 Å². The standard InChI is InChI=1S/C13H18N4/c1-16-12-8-4-3-7-11(12)15-13(16)17-10-6-2-5-9-14-17/h3-4,7-8,14H,2,5-6,9-10H2,1H3. The third-order valence-corrected chi connectivity index (χ3v) is 3.37. The Morgan fingerprint density at radius 3 is 2.94 bits per heavy atom. The van der Waals surface area contributed by atoms with Crippen LogP contribution in [-0.4, -0.2) is 22.6 Å². The average Bonchev–Trinajstić information content (AvgIpc) is 2.57. The zero-order chi connectivity index (χ0) is 11.7. The van der Waals surface area contributed by atoms with Crippen molar-refractivity contribution < 1.29 is 0 Å². The molecule has 0 spiro atoms. The first-order valence-electron chi connectivity index (χ1n) is 6.29. The van der Waals surface area contributed by atoms with E-state index in [4.69, 9.17) is 4.98 Å². The summed E-state index contributed by atoms with van der Waals surface area (Å²) in [5, 5.41) is 2.19. The monoisotopic (exact) mass is 230 g/mol. The molecule has 1 fully saturated rings. The third-order valence-electron chi connectivity index (χ3n) is 3.37. The lowest BCUT2D eigenvalue weighted by atomic mass is 10.2. The second-order valence-corrected chi connectivity index (χ2v) is 4.58. The molecule has 0 atom stereocenters. The number of anilines is 1. The van der Waals surface area contributed by atoms with E-state index < -0.39 is 0 Å². The molecule has 4 nitrogen and oxygen atoms in total. The first-order valence-corrected chi connectivity index (χ1v) is 6.29. The van der Waals surface area contributed by atoms with Crippen molar-refractivity contribution in [1.29, 1.82) is 0 Å². The van der Waals surface area contributed by atoms with E-state index >= 15 is 0 Å². The number of hydrogen-bond donors (Lipinski definition) is 1. The number of hydrazine groups is 1. The summed E-state index contributed by atoms with van der Waals surface area (Å²) in [6, 6.07) is 8.28. The molecule has 2 aromatic rings. The fourth-order valence-corrected chi connectivity index (χ4v) is 2.41. The molecule has 0 bridgehead atoms. The van der Waals surface area contributed by atoms with Crippen LogP contribution >= 0.6 is 0 Å². The van der Waals surface area contributed by atoms with Gasteiger partial charge in [-0.3, -0.25) is 5.01 Å². The second-order valence-electron chi connectivity index (χ2n) is 4.58. The lowest BCUT2D eigenvalue weighted by Crippen LogP contribution is -2.39. The predicted octanol–water partition coefficient (Wildman–Crippen LogP) is 2.07. The van der Waals surface area contributed by atoms with Crippen molar-refractivity contribution in [1.82, 2.24) is 15.0 Å². The zero-order valence-corrected chi connectivity index (χ0v) is 10.2. The SMILES string of the molecule is Cn1c(N2CCCCCN2)nc2ccccc21. The van der Waals surface area contributed by atoms with Gasteiger partial charge in [0.15, 0.2) is 0 Å². The van der Waals surface area contributed by atoms with Crippen LogP contribution in [0.1, 0.15) is 19.3 Å². The number of aromatic nitrogens is 2. The van der Waals surface area contributed by atoms with E-state index in [1.165, 1.54) is 24.8 Å². The Balaban J connectivity index is 2.01. The molecule has 2 heterocycles. The lowest BCUT2D eigenvalue weighted by Gasteiger charge is -2.21. The minimum absolute atomic E-state index is 1.02. The normalized spacial score (nSPS) is 17.4. The van der Waals surface area contributed by atoms with Gasteiger partial charge in [-0.2, -0.15) is 0 Å². The second kappa shape index (κ2) is 4.37. The van der Waals surface area contributed by atoms with Gasteiger partial charge in [-0.15, -0.1) is 0 Å². The van der Waals surface area contributed by atoms with E-state index in [2.05, 4.69) is 40.2 Å². The maximum atomic E-state index is 4.70. The molecule has 0 unspecified atom stereocenters. The van der Waals surface area contributed by atoms with Gasteiger partial charge in [0.25, 0.3) is 0 Å². The van der Waals surface area contributed by atoms with Gasteiger partial charge in [-0.1, -0.05) is 18.6 Å². The highest BCUT2D eigenvalue weighted by molar-refractivity contribution is 5.78. The van der Waals surface area contributed by atoms with Crippen LogP contribution in [0.15, 0.2) is 24.3 Å². The molecule has 1 aromatic heterocycles. The number of benzene rings is 1. The van der Waals surface area contributed by atoms with Gasteiger partial charge < -0.3 is 4.57 Å². The number of hydrogen-bond acceptors (Lipinski definition) is 3. The van der Waals surface area contributed by atoms with Crippen molar-refractivity contribution in [3.05, 3.63) is 24.3 Å². The van der Waals surface area contributed by atoms with E-state index in [-0.39, 0.29) is 0 Å². The van der Waals surface area contributed by atoms with E-state index in [1.54, 1.807) is 0 Å². The molecule has 4 heteroatoms. The summed E-state index contributed by atoms with van der Waals surface area (Å²) in [6.07, 6.45) is 3.78. The van der Waals surface area contributed by atoms with E-state index in [0.29, 0.717) is 0 Å². The smallest absolute Gasteiger partial charge is 0.220 e. The van der Waals surface area contributed by atoms with Crippen LogP contribution in [0, 0.1) is 0 Å². The van der Waals surface area contributed by atoms with Crippen LogP contribution in [0.4, 0.5) is 5.95 Å². The first-order chi connectivity index (χ1) is 8.36. The molecule has 17 heavy (non-hydrogen) atoms. The average molecular weight is 230 g/mol. The highest BCUT2D eigenvalue weighted by Gasteiger charge is 2.15. The van der Waals surface area contributed by atoms with Gasteiger partial charge in [-0.05, 0) is 25.0 Å². The Kier molecular flexibility index (Phi) is 2.73. The van der Waals surface area contributed by atoms with E-state index in [0.717, 1.165) is 24.6 Å². The topological polar surface area (TPSA) is 33.1 Å². The number of nitrogens with zero attached hydrogens (tertiary/aromatic N) is 3. The molecule has 1 aliphatic heterocycles. The summed E-state index contributed by atoms with van der Waals surface area (Å²) >= 11 is 0. The zero-order valence-electron chi connectivity index (χ0n) is 10.2. The van der Waals surface area contributed by atoms with Crippen LogP contribution < -0.4 is 10.4 Å². The van der Waals surface area contributed by atoms with Gasteiger partial charge in [0.05, 0.1) is 11.0 Å². The molecule has 1 saturated heterocycles. The Morgan fingerprint density at radius 1 is 1.18 bits per heavy atom. The minimum atomic E-state index is 1.02. The Labute approximate surface area is 101 Å². The van der Waals surface area contributed by atoms with Gasteiger partial charge in [0, 0.05) is 20.1 Å². The molecule has 0 aliphatic carbocycles. The quantitative estimate of drug-likeness (QED) is 0.814. The van der Waals surface area contributed by atoms with Crippen molar-refractivity contribution in [2.75, 3.05) is 18.1 Å². The summed E-state index contributed by atoms with van der Waals surface area (Å²) in [7, 11) is 2.08. The third kappa shape index (κ3) is 1.89. The molecular formula is C13H18N4. The fraction of sp³-hybridized carbons (Fsp3) is 0.462. The van der Waals surface area contributed by atoms with E-state index in [9.17, 15) is 0 Å². The van der Waals surface area contributed by atoms with Crippen molar-refractivity contribution in [3.8, 4) is 0 Å². The number of imidazole rings is 1. The summed E-state index contributed by atoms with van der Waals surface area (Å²) in [5.74, 6) is 1.02. The number of aryl methyl sites for hydroxylation is 1. The molecule has 1 N–H and O–H groups in total. The van der Waals surface area contributed by atoms with Crippen molar-refractivity contribution in [2.45, 2.75) is 19.3 Å². The summed E-state index contributed by atoms with van der Waals surface area (Å²) in [4.78, 5) is 4.70. The lowest BCUT2D eigenvalue weighted by molar-refractivity contribution is 0.632. The molecule has 1 aliphatic rings. The Hall–Kier alpha value is -1.55. The minimum Gasteiger partial charge on any atom is -0.312 e. The molecule has 1 aromatic carbocycles. The van der Waals surface area contributed by atoms with Gasteiger partial charge in [0.1, 0.15) is 0 Å². The van der Waals surface area contributed by atoms with Crippen LogP contribution in [0.3, 0.4) is 0 Å². The van der Waals surface area contributed by atoms with Crippen molar-refractivity contribution in [3.63, 3.8) is 0 Å². The largest absolute Gasteiger partial charge is 0.312 e. The van der Waals surface area contributed by atoms with Crippen LogP contribution in [0.2, 0.25) is 0 Å². The Bertz CT molecular complexity index is 509. The number of rotatable bonds is 1. The summed E-state index contributed by atoms with van der Waals surface area (Å²) in [5.41, 5.74) is 5.70. The highest BCUT2D eigenvalue weighted by atomic mass is 15.6. The number of fused-ring (bicyclic) bond motifs is 1. The van der Waals surface area contributed by atoms with Crippen molar-refractivity contribution in [2.24, 2.45) is 7.05 Å². The molecule has 0 radical (unpaired) electrons. The number of para-hydroxylation sites is 2. The highest BCUT2D eigenvalue weighted by Crippen LogP contribution is 2.21. The molecule has 3 rings (SSSR count). The van der Waals surface area contributed by atoms with Gasteiger partial charge >= 0.3 is 0 Å². The van der Waals surface area contributed by atoms with Gasteiger partial charge in [0.2, 0.25) is 5.95 Å². The van der Waals surface area contributed by atoms with Crippen LogP contribution in [-0.2, 0) is 7.05 Å². The number of nitrogens with one attached hydrogen (secondary N) is 1. The predicted molar refractivity (Wildman–Crippen MR) is 69.9 cm³/mol. The maximum Gasteiger partial charge on any atom is 0.220 e. The molecule has 0 amide bonds.